The van der Waals surface area contributed by atoms with Gasteiger partial charge in [-0.15, -0.1) is 0 Å². The van der Waals surface area contributed by atoms with E-state index in [0.29, 0.717) is 0 Å². The Kier molecular flexibility index (Phi) is 4.71. The standard InChI is InChI=1S/C29H28N4O/c1-32(2)18-20-10-8-19(9-11-20)12-15-25-22-14-13-21(16-26(22)31-30-25)24-17-29(24)23-6-4-5-7-27(23)33(3)28(29)34/h4-16,24H,17-18H2,1-3H3,(H,30,31)/b15-12+. The lowest BCUT2D eigenvalue weighted by atomic mass is 9.92. The normalized spacial score (nSPS) is 21.4. The van der Waals surface area contributed by atoms with E-state index < -0.39 is 5.41 Å². The van der Waals surface area contributed by atoms with Crippen molar-refractivity contribution in [3.05, 3.63) is 94.7 Å². The second-order valence-corrected chi connectivity index (χ2v) is 9.84. The Labute approximate surface area is 199 Å². The van der Waals surface area contributed by atoms with Gasteiger partial charge in [-0.3, -0.25) is 9.89 Å². The number of hydrogen-bond donors (Lipinski definition) is 1. The molecular weight excluding hydrogens is 420 g/mol. The average Bonchev–Trinajstić information content (AvgIpc) is 3.42. The molecule has 1 amide bonds. The van der Waals surface area contributed by atoms with Gasteiger partial charge in [-0.2, -0.15) is 5.10 Å². The predicted molar refractivity (Wildman–Crippen MR) is 138 cm³/mol. The van der Waals surface area contributed by atoms with Gasteiger partial charge in [0.15, 0.2) is 0 Å². The number of rotatable bonds is 5. The number of para-hydroxylation sites is 1. The number of carbonyl (C=O) groups is 1. The van der Waals surface area contributed by atoms with Gasteiger partial charge >= 0.3 is 0 Å². The van der Waals surface area contributed by atoms with Gasteiger partial charge in [0.25, 0.3) is 0 Å². The van der Waals surface area contributed by atoms with Crippen LogP contribution in [0, 0.1) is 0 Å². The Morgan fingerprint density at radius 1 is 1.09 bits per heavy atom. The first kappa shape index (κ1) is 20.9. The molecule has 1 aliphatic heterocycles. The molecule has 5 nitrogen and oxygen atoms in total. The molecule has 0 radical (unpaired) electrons. The third kappa shape index (κ3) is 3.19. The van der Waals surface area contributed by atoms with E-state index in [0.717, 1.165) is 46.4 Å². The summed E-state index contributed by atoms with van der Waals surface area (Å²) in [4.78, 5) is 17.2. The molecule has 6 rings (SSSR count). The van der Waals surface area contributed by atoms with Crippen molar-refractivity contribution < 1.29 is 4.79 Å². The van der Waals surface area contributed by atoms with Gasteiger partial charge in [0.1, 0.15) is 0 Å². The van der Waals surface area contributed by atoms with Crippen molar-refractivity contribution in [2.24, 2.45) is 0 Å². The summed E-state index contributed by atoms with van der Waals surface area (Å²) in [5, 5.41) is 8.83. The van der Waals surface area contributed by atoms with E-state index in [2.05, 4.69) is 89.9 Å². The Balaban J connectivity index is 1.25. The SMILES string of the molecule is CN(C)Cc1ccc(/C=C/c2n[nH]c3cc(C4CC45C(=O)N(C)c4ccccc45)ccc23)cc1. The minimum atomic E-state index is -0.402. The smallest absolute Gasteiger partial charge is 0.238 e. The minimum Gasteiger partial charge on any atom is -0.314 e. The summed E-state index contributed by atoms with van der Waals surface area (Å²) in [6.45, 7) is 0.937. The first-order chi connectivity index (χ1) is 16.5. The van der Waals surface area contributed by atoms with Crippen LogP contribution in [0.1, 0.15) is 40.3 Å². The maximum Gasteiger partial charge on any atom is 0.238 e. The highest BCUT2D eigenvalue weighted by molar-refractivity contribution is 6.11. The summed E-state index contributed by atoms with van der Waals surface area (Å²) in [6, 6.07) is 23.3. The molecule has 1 saturated carbocycles. The highest BCUT2D eigenvalue weighted by atomic mass is 16.2. The quantitative estimate of drug-likeness (QED) is 0.457. The number of fused-ring (bicyclic) bond motifs is 3. The van der Waals surface area contributed by atoms with E-state index in [1.807, 2.05) is 30.1 Å². The Morgan fingerprint density at radius 2 is 1.88 bits per heavy atom. The van der Waals surface area contributed by atoms with E-state index in [1.54, 1.807) is 0 Å². The largest absolute Gasteiger partial charge is 0.314 e. The molecule has 2 heterocycles. The molecule has 1 aromatic heterocycles. The third-order valence-electron chi connectivity index (χ3n) is 7.32. The van der Waals surface area contributed by atoms with Crippen LogP contribution < -0.4 is 4.90 Å². The van der Waals surface area contributed by atoms with E-state index in [-0.39, 0.29) is 11.8 Å². The Hall–Kier alpha value is -3.70. The number of nitrogens with one attached hydrogen (secondary N) is 1. The van der Waals surface area contributed by atoms with Crippen LogP contribution in [-0.4, -0.2) is 42.1 Å². The molecule has 5 heteroatoms. The van der Waals surface area contributed by atoms with Crippen molar-refractivity contribution in [1.82, 2.24) is 15.1 Å². The molecule has 34 heavy (non-hydrogen) atoms. The average molecular weight is 449 g/mol. The van der Waals surface area contributed by atoms with Crippen molar-refractivity contribution in [2.75, 3.05) is 26.0 Å². The van der Waals surface area contributed by atoms with Crippen LogP contribution in [0.25, 0.3) is 23.1 Å². The number of aromatic nitrogens is 2. The number of likely N-dealkylation sites (N-methyl/N-ethyl adjacent to an activating group) is 1. The third-order valence-corrected chi connectivity index (χ3v) is 7.32. The summed E-state index contributed by atoms with van der Waals surface area (Å²) < 4.78 is 0. The second-order valence-electron chi connectivity index (χ2n) is 9.84. The molecule has 2 aliphatic rings. The molecule has 0 bridgehead atoms. The monoisotopic (exact) mass is 448 g/mol. The number of hydrogen-bond acceptors (Lipinski definition) is 3. The van der Waals surface area contributed by atoms with Crippen molar-refractivity contribution in [2.45, 2.75) is 24.3 Å². The molecule has 0 saturated heterocycles. The Bertz CT molecular complexity index is 1430. The lowest BCUT2D eigenvalue weighted by molar-refractivity contribution is -0.120. The number of benzene rings is 3. The fraction of sp³-hybridized carbons (Fsp3) is 0.241. The van der Waals surface area contributed by atoms with E-state index in [4.69, 9.17) is 0 Å². The van der Waals surface area contributed by atoms with Crippen LogP contribution in [-0.2, 0) is 16.8 Å². The van der Waals surface area contributed by atoms with Crippen molar-refractivity contribution in [1.29, 1.82) is 0 Å². The second kappa shape index (κ2) is 7.67. The Morgan fingerprint density at radius 3 is 2.68 bits per heavy atom. The minimum absolute atomic E-state index is 0.207. The van der Waals surface area contributed by atoms with Crippen LogP contribution in [0.15, 0.2) is 66.7 Å². The van der Waals surface area contributed by atoms with Crippen molar-refractivity contribution in [3.8, 4) is 0 Å². The maximum atomic E-state index is 13.2. The summed E-state index contributed by atoms with van der Waals surface area (Å²) in [5.41, 5.74) is 7.38. The summed E-state index contributed by atoms with van der Waals surface area (Å²) in [7, 11) is 6.04. The number of anilines is 1. The highest BCUT2D eigenvalue weighted by Gasteiger charge is 2.66. The number of amides is 1. The molecular formula is C29H28N4O. The topological polar surface area (TPSA) is 52.2 Å². The first-order valence-corrected chi connectivity index (χ1v) is 11.7. The van der Waals surface area contributed by atoms with Gasteiger partial charge in [0.2, 0.25) is 5.91 Å². The lowest BCUT2D eigenvalue weighted by Crippen LogP contribution is -2.29. The number of aromatic amines is 1. The molecule has 170 valence electrons. The molecule has 2 unspecified atom stereocenters. The zero-order valence-corrected chi connectivity index (χ0v) is 19.7. The molecule has 3 aromatic carbocycles. The zero-order valence-electron chi connectivity index (χ0n) is 19.7. The first-order valence-electron chi connectivity index (χ1n) is 11.7. The molecule has 1 N–H and O–H groups in total. The highest BCUT2D eigenvalue weighted by Crippen LogP contribution is 2.66. The summed E-state index contributed by atoms with van der Waals surface area (Å²) in [5.74, 6) is 0.419. The summed E-state index contributed by atoms with van der Waals surface area (Å²) in [6.07, 6.45) is 5.02. The van der Waals surface area contributed by atoms with Gasteiger partial charge < -0.3 is 9.80 Å². The molecule has 1 spiro atoms. The number of carbonyl (C=O) groups excluding carboxylic acids is 1. The van der Waals surface area contributed by atoms with E-state index in [9.17, 15) is 4.79 Å². The molecule has 1 aliphatic carbocycles. The van der Waals surface area contributed by atoms with Gasteiger partial charge in [0, 0.05) is 30.6 Å². The van der Waals surface area contributed by atoms with Crippen molar-refractivity contribution >= 4 is 34.6 Å². The fourth-order valence-electron chi connectivity index (χ4n) is 5.54. The molecule has 4 aromatic rings. The van der Waals surface area contributed by atoms with E-state index >= 15 is 0 Å². The van der Waals surface area contributed by atoms with Crippen LogP contribution in [0.3, 0.4) is 0 Å². The molecule has 2 atom stereocenters. The predicted octanol–water partition coefficient (Wildman–Crippen LogP) is 5.20. The van der Waals surface area contributed by atoms with Crippen LogP contribution in [0.4, 0.5) is 5.69 Å². The molecule has 1 fully saturated rings. The van der Waals surface area contributed by atoms with Crippen molar-refractivity contribution in [3.63, 3.8) is 0 Å². The summed E-state index contributed by atoms with van der Waals surface area (Å²) >= 11 is 0. The van der Waals surface area contributed by atoms with Gasteiger partial charge in [-0.25, -0.2) is 0 Å². The van der Waals surface area contributed by atoms with E-state index in [1.165, 1.54) is 11.1 Å². The number of nitrogens with zero attached hydrogens (tertiary/aromatic N) is 3. The fourth-order valence-corrected chi connectivity index (χ4v) is 5.54. The number of H-pyrrole nitrogens is 1. The van der Waals surface area contributed by atoms with Gasteiger partial charge in [-0.1, -0.05) is 60.7 Å². The van der Waals surface area contributed by atoms with Gasteiger partial charge in [-0.05, 0) is 61.0 Å². The zero-order chi connectivity index (χ0) is 23.4. The lowest BCUT2D eigenvalue weighted by Gasteiger charge is -2.11. The van der Waals surface area contributed by atoms with Crippen LogP contribution in [0.5, 0.6) is 0 Å². The maximum absolute atomic E-state index is 13.2. The van der Waals surface area contributed by atoms with Gasteiger partial charge in [0.05, 0.1) is 16.6 Å². The van der Waals surface area contributed by atoms with Crippen LogP contribution in [0.2, 0.25) is 0 Å². The van der Waals surface area contributed by atoms with Crippen LogP contribution >= 0.6 is 0 Å².